The van der Waals surface area contributed by atoms with E-state index in [0.29, 0.717) is 12.2 Å². The Hall–Kier alpha value is -2.24. The quantitative estimate of drug-likeness (QED) is 0.924. The Bertz CT molecular complexity index is 650. The van der Waals surface area contributed by atoms with Crippen molar-refractivity contribution in [3.63, 3.8) is 0 Å². The molecule has 1 aromatic carbocycles. The van der Waals surface area contributed by atoms with Crippen LogP contribution >= 0.6 is 0 Å². The molecule has 0 aliphatic rings. The van der Waals surface area contributed by atoms with E-state index in [-0.39, 0.29) is 0 Å². The standard InChI is InChI=1S/C14H18N4O2/c1-5-14(4,13(19)20)18-12(15-16-17-18)11-7-6-9(2)10(3)8-11/h6-8H,5H2,1-4H3,(H,19,20). The smallest absolute Gasteiger partial charge is 0.331 e. The Morgan fingerprint density at radius 1 is 1.35 bits per heavy atom. The molecule has 0 amide bonds. The van der Waals surface area contributed by atoms with E-state index in [1.807, 2.05) is 32.0 Å². The van der Waals surface area contributed by atoms with E-state index in [2.05, 4.69) is 15.5 Å². The zero-order valence-corrected chi connectivity index (χ0v) is 12.1. The highest BCUT2D eigenvalue weighted by Gasteiger charge is 2.37. The summed E-state index contributed by atoms with van der Waals surface area (Å²) in [6.07, 6.45) is 0.394. The monoisotopic (exact) mass is 274 g/mol. The summed E-state index contributed by atoms with van der Waals surface area (Å²) in [5.74, 6) is -0.475. The number of nitrogens with zero attached hydrogens (tertiary/aromatic N) is 4. The molecule has 0 fully saturated rings. The molecule has 0 aliphatic heterocycles. The highest BCUT2D eigenvalue weighted by atomic mass is 16.4. The maximum atomic E-state index is 11.5. The van der Waals surface area contributed by atoms with E-state index < -0.39 is 11.5 Å². The van der Waals surface area contributed by atoms with Crippen LogP contribution in [0.3, 0.4) is 0 Å². The van der Waals surface area contributed by atoms with E-state index in [1.165, 1.54) is 10.2 Å². The van der Waals surface area contributed by atoms with Crippen molar-refractivity contribution in [3.05, 3.63) is 29.3 Å². The maximum Gasteiger partial charge on any atom is 0.331 e. The number of aromatic nitrogens is 4. The van der Waals surface area contributed by atoms with Crippen LogP contribution in [0, 0.1) is 13.8 Å². The van der Waals surface area contributed by atoms with Crippen LogP contribution in [0.25, 0.3) is 11.4 Å². The average Bonchev–Trinajstić information content (AvgIpc) is 2.90. The molecule has 0 aliphatic carbocycles. The minimum Gasteiger partial charge on any atom is -0.479 e. The molecular weight excluding hydrogens is 256 g/mol. The normalized spacial score (nSPS) is 14.0. The Kier molecular flexibility index (Phi) is 3.57. The summed E-state index contributed by atoms with van der Waals surface area (Å²) in [5, 5.41) is 21.0. The first-order valence-electron chi connectivity index (χ1n) is 6.50. The van der Waals surface area contributed by atoms with Crippen LogP contribution in [-0.2, 0) is 10.3 Å². The van der Waals surface area contributed by atoms with Crippen molar-refractivity contribution < 1.29 is 9.90 Å². The molecule has 2 aromatic rings. The van der Waals surface area contributed by atoms with Gasteiger partial charge in [-0.15, -0.1) is 5.10 Å². The molecule has 1 atom stereocenters. The fourth-order valence-electron chi connectivity index (χ4n) is 1.97. The molecule has 20 heavy (non-hydrogen) atoms. The first-order valence-corrected chi connectivity index (χ1v) is 6.50. The van der Waals surface area contributed by atoms with Crippen LogP contribution < -0.4 is 0 Å². The average molecular weight is 274 g/mol. The third-order valence-electron chi connectivity index (χ3n) is 3.85. The van der Waals surface area contributed by atoms with Gasteiger partial charge < -0.3 is 5.11 Å². The third kappa shape index (κ3) is 2.17. The molecular formula is C14H18N4O2. The van der Waals surface area contributed by atoms with Crippen LogP contribution in [-0.4, -0.2) is 31.3 Å². The summed E-state index contributed by atoms with van der Waals surface area (Å²) < 4.78 is 1.39. The van der Waals surface area contributed by atoms with Gasteiger partial charge in [-0.2, -0.15) is 0 Å². The highest BCUT2D eigenvalue weighted by Crippen LogP contribution is 2.27. The molecule has 1 heterocycles. The number of hydrogen-bond donors (Lipinski definition) is 1. The first-order chi connectivity index (χ1) is 9.40. The van der Waals surface area contributed by atoms with Crippen molar-refractivity contribution in [1.82, 2.24) is 20.2 Å². The predicted molar refractivity (Wildman–Crippen MR) is 74.3 cm³/mol. The molecule has 106 valence electrons. The van der Waals surface area contributed by atoms with Gasteiger partial charge in [0.25, 0.3) is 0 Å². The van der Waals surface area contributed by atoms with E-state index in [0.717, 1.165) is 11.1 Å². The maximum absolute atomic E-state index is 11.5. The molecule has 0 saturated heterocycles. The van der Waals surface area contributed by atoms with Crippen molar-refractivity contribution in [2.24, 2.45) is 0 Å². The zero-order chi connectivity index (χ0) is 14.9. The number of carboxylic acids is 1. The number of carboxylic acid groups (broad SMARTS) is 1. The van der Waals surface area contributed by atoms with Crippen LogP contribution in [0.2, 0.25) is 0 Å². The van der Waals surface area contributed by atoms with Crippen molar-refractivity contribution in [1.29, 1.82) is 0 Å². The number of aryl methyl sites for hydroxylation is 2. The lowest BCUT2D eigenvalue weighted by Crippen LogP contribution is -2.39. The van der Waals surface area contributed by atoms with E-state index in [1.54, 1.807) is 13.8 Å². The summed E-state index contributed by atoms with van der Waals surface area (Å²) in [6.45, 7) is 7.45. The molecule has 6 nitrogen and oxygen atoms in total. The largest absolute Gasteiger partial charge is 0.479 e. The second-order valence-electron chi connectivity index (χ2n) is 5.15. The molecule has 0 bridgehead atoms. The third-order valence-corrected chi connectivity index (χ3v) is 3.85. The highest BCUT2D eigenvalue weighted by molar-refractivity contribution is 5.77. The SMILES string of the molecule is CCC(C)(C(=O)O)n1nnnc1-c1ccc(C)c(C)c1. The summed E-state index contributed by atoms with van der Waals surface area (Å²) >= 11 is 0. The lowest BCUT2D eigenvalue weighted by Gasteiger charge is -2.24. The zero-order valence-electron chi connectivity index (χ0n) is 12.1. The topological polar surface area (TPSA) is 80.9 Å². The summed E-state index contributed by atoms with van der Waals surface area (Å²) in [4.78, 5) is 11.5. The van der Waals surface area contributed by atoms with E-state index in [4.69, 9.17) is 0 Å². The molecule has 0 spiro atoms. The van der Waals surface area contributed by atoms with Gasteiger partial charge in [-0.25, -0.2) is 9.48 Å². The van der Waals surface area contributed by atoms with Gasteiger partial charge in [0, 0.05) is 5.56 Å². The molecule has 6 heteroatoms. The second kappa shape index (κ2) is 5.03. The number of carbonyl (C=O) groups is 1. The number of rotatable bonds is 4. The Balaban J connectivity index is 2.58. The van der Waals surface area contributed by atoms with Gasteiger partial charge >= 0.3 is 5.97 Å². The Morgan fingerprint density at radius 2 is 2.05 bits per heavy atom. The summed E-state index contributed by atoms with van der Waals surface area (Å²) in [6, 6.07) is 5.85. The van der Waals surface area contributed by atoms with Gasteiger partial charge in [0.1, 0.15) is 0 Å². The predicted octanol–water partition coefficient (Wildman–Crippen LogP) is 2.17. The van der Waals surface area contributed by atoms with Gasteiger partial charge in [0.15, 0.2) is 11.4 Å². The van der Waals surface area contributed by atoms with E-state index in [9.17, 15) is 9.90 Å². The fraction of sp³-hybridized carbons (Fsp3) is 0.429. The van der Waals surface area contributed by atoms with Crippen molar-refractivity contribution >= 4 is 5.97 Å². The van der Waals surface area contributed by atoms with Crippen LogP contribution in [0.15, 0.2) is 18.2 Å². The summed E-state index contributed by atoms with van der Waals surface area (Å²) in [5.41, 5.74) is 1.95. The van der Waals surface area contributed by atoms with Gasteiger partial charge in [-0.1, -0.05) is 19.1 Å². The van der Waals surface area contributed by atoms with Gasteiger partial charge in [0.05, 0.1) is 0 Å². The van der Waals surface area contributed by atoms with Crippen LogP contribution in [0.4, 0.5) is 0 Å². The van der Waals surface area contributed by atoms with Crippen LogP contribution in [0.5, 0.6) is 0 Å². The molecule has 1 N–H and O–H groups in total. The van der Waals surface area contributed by atoms with Gasteiger partial charge in [-0.3, -0.25) is 0 Å². The first kappa shape index (κ1) is 14.2. The lowest BCUT2D eigenvalue weighted by atomic mass is 9.98. The minimum atomic E-state index is -1.16. The van der Waals surface area contributed by atoms with Crippen molar-refractivity contribution in [3.8, 4) is 11.4 Å². The summed E-state index contributed by atoms with van der Waals surface area (Å²) in [7, 11) is 0. The molecule has 2 rings (SSSR count). The Morgan fingerprint density at radius 3 is 2.60 bits per heavy atom. The lowest BCUT2D eigenvalue weighted by molar-refractivity contribution is -0.147. The fourth-order valence-corrected chi connectivity index (χ4v) is 1.97. The Labute approximate surface area is 117 Å². The van der Waals surface area contributed by atoms with Crippen molar-refractivity contribution in [2.45, 2.75) is 39.7 Å². The molecule has 0 saturated carbocycles. The van der Waals surface area contributed by atoms with Crippen LogP contribution in [0.1, 0.15) is 31.4 Å². The number of benzene rings is 1. The molecule has 1 aromatic heterocycles. The molecule has 1 unspecified atom stereocenters. The van der Waals surface area contributed by atoms with Crippen molar-refractivity contribution in [2.75, 3.05) is 0 Å². The number of tetrazole rings is 1. The molecule has 0 radical (unpaired) electrons. The van der Waals surface area contributed by atoms with Gasteiger partial charge in [-0.05, 0) is 54.8 Å². The van der Waals surface area contributed by atoms with E-state index >= 15 is 0 Å². The van der Waals surface area contributed by atoms with Gasteiger partial charge in [0.2, 0.25) is 0 Å². The number of aliphatic carboxylic acids is 1. The number of hydrogen-bond acceptors (Lipinski definition) is 4. The minimum absolute atomic E-state index is 0.394. The second-order valence-corrected chi connectivity index (χ2v) is 5.15.